The van der Waals surface area contributed by atoms with Crippen LogP contribution in [0.25, 0.3) is 0 Å². The van der Waals surface area contributed by atoms with Crippen molar-refractivity contribution >= 4 is 12.3 Å². The molecule has 1 aromatic carbocycles. The van der Waals surface area contributed by atoms with E-state index < -0.39 is 0 Å². The molecule has 2 N–H and O–H groups in total. The molecule has 168 valence electrons. The summed E-state index contributed by atoms with van der Waals surface area (Å²) in [5.41, 5.74) is 8.88. The number of aromatic nitrogens is 2. The minimum Gasteiger partial charge on any atom is -0.494 e. The molecule has 0 amide bonds. The number of benzene rings is 1. The van der Waals surface area contributed by atoms with Crippen molar-refractivity contribution in [1.82, 2.24) is 10.1 Å². The van der Waals surface area contributed by atoms with Gasteiger partial charge in [0, 0.05) is 31.0 Å². The second kappa shape index (κ2) is 8.99. The summed E-state index contributed by atoms with van der Waals surface area (Å²) < 4.78 is 11.4. The fourth-order valence-electron chi connectivity index (χ4n) is 4.83. The number of rotatable bonds is 9. The van der Waals surface area contributed by atoms with Gasteiger partial charge in [0.25, 0.3) is 0 Å². The average molecular weight is 427 g/mol. The number of piperidine rings is 1. The molecule has 0 radical (unpaired) electrons. The van der Waals surface area contributed by atoms with Crippen LogP contribution in [0, 0.1) is 18.8 Å². The molecule has 1 saturated carbocycles. The van der Waals surface area contributed by atoms with Gasteiger partial charge in [-0.2, -0.15) is 4.98 Å². The van der Waals surface area contributed by atoms with Gasteiger partial charge in [-0.3, -0.25) is 0 Å². The van der Waals surface area contributed by atoms with Crippen LogP contribution in [0.4, 0.5) is 6.01 Å². The Bertz CT molecular complexity index is 904. The highest BCUT2D eigenvalue weighted by Gasteiger charge is 2.55. The molecule has 7 nitrogen and oxygen atoms in total. The van der Waals surface area contributed by atoms with Crippen molar-refractivity contribution in [1.29, 1.82) is 0 Å². The smallest absolute Gasteiger partial charge is 0.324 e. The van der Waals surface area contributed by atoms with Gasteiger partial charge in [0.15, 0.2) is 5.82 Å². The van der Waals surface area contributed by atoms with Crippen LogP contribution in [0.15, 0.2) is 22.7 Å². The third-order valence-corrected chi connectivity index (χ3v) is 7.03. The maximum atomic E-state index is 10.7. The number of carbonyl (C=O) groups excluding carboxylic acids is 1. The topological polar surface area (TPSA) is 94.5 Å². The fraction of sp³-hybridized carbons (Fsp3) is 0.625. The molecular weight excluding hydrogens is 392 g/mol. The maximum Gasteiger partial charge on any atom is 0.324 e. The van der Waals surface area contributed by atoms with Crippen LogP contribution in [-0.4, -0.2) is 41.7 Å². The molecular formula is C24H34N4O3. The fourth-order valence-corrected chi connectivity index (χ4v) is 4.83. The van der Waals surface area contributed by atoms with Gasteiger partial charge in [-0.15, -0.1) is 0 Å². The first-order valence-corrected chi connectivity index (χ1v) is 11.4. The lowest BCUT2D eigenvalue weighted by atomic mass is 9.86. The lowest BCUT2D eigenvalue weighted by Crippen LogP contribution is -2.44. The summed E-state index contributed by atoms with van der Waals surface area (Å²) in [6, 6.07) is 6.58. The molecule has 2 fully saturated rings. The highest BCUT2D eigenvalue weighted by atomic mass is 16.5. The first kappa shape index (κ1) is 21.8. The van der Waals surface area contributed by atoms with Gasteiger partial charge in [0.2, 0.25) is 0 Å². The quantitative estimate of drug-likeness (QED) is 0.612. The first-order valence-electron chi connectivity index (χ1n) is 11.4. The first-order chi connectivity index (χ1) is 14.9. The third kappa shape index (κ3) is 4.76. The van der Waals surface area contributed by atoms with E-state index in [0.717, 1.165) is 67.8 Å². The van der Waals surface area contributed by atoms with Crippen LogP contribution >= 0.6 is 0 Å². The second-order valence-corrected chi connectivity index (χ2v) is 9.46. The van der Waals surface area contributed by atoms with Crippen LogP contribution in [0.5, 0.6) is 5.75 Å². The number of ether oxygens (including phenoxy) is 1. The zero-order chi connectivity index (χ0) is 22.0. The van der Waals surface area contributed by atoms with Gasteiger partial charge in [-0.25, -0.2) is 0 Å². The maximum absolute atomic E-state index is 10.7. The minimum absolute atomic E-state index is 0.0584. The predicted molar refractivity (Wildman–Crippen MR) is 119 cm³/mol. The van der Waals surface area contributed by atoms with Crippen LogP contribution in [0.3, 0.4) is 0 Å². The van der Waals surface area contributed by atoms with E-state index in [1.54, 1.807) is 0 Å². The van der Waals surface area contributed by atoms with Crippen LogP contribution in [-0.2, 0) is 11.2 Å². The summed E-state index contributed by atoms with van der Waals surface area (Å²) in [5.74, 6) is 2.96. The van der Waals surface area contributed by atoms with Crippen molar-refractivity contribution in [3.8, 4) is 5.75 Å². The number of aryl methyl sites for hydroxylation is 1. The van der Waals surface area contributed by atoms with Crippen molar-refractivity contribution in [2.75, 3.05) is 24.6 Å². The molecule has 0 bridgehead atoms. The number of nitrogens with two attached hydrogens (primary N) is 1. The molecule has 0 spiro atoms. The minimum atomic E-state index is -0.0584. The summed E-state index contributed by atoms with van der Waals surface area (Å²) in [6.07, 6.45) is 5.57. The van der Waals surface area contributed by atoms with Gasteiger partial charge >= 0.3 is 6.01 Å². The van der Waals surface area contributed by atoms with Crippen molar-refractivity contribution in [2.45, 2.75) is 64.3 Å². The summed E-state index contributed by atoms with van der Waals surface area (Å²) in [5, 5.41) is 4.08. The predicted octanol–water partition coefficient (Wildman–Crippen LogP) is 3.65. The molecule has 7 heteroatoms. The number of nitrogens with zero attached hydrogens (tertiary/aromatic N) is 3. The van der Waals surface area contributed by atoms with Crippen molar-refractivity contribution < 1.29 is 14.1 Å². The summed E-state index contributed by atoms with van der Waals surface area (Å²) in [4.78, 5) is 17.4. The number of aldehydes is 1. The van der Waals surface area contributed by atoms with Gasteiger partial charge < -0.3 is 24.7 Å². The molecule has 2 aliphatic rings. The molecule has 4 rings (SSSR count). The largest absolute Gasteiger partial charge is 0.494 e. The van der Waals surface area contributed by atoms with Crippen molar-refractivity contribution in [2.24, 2.45) is 17.6 Å². The Hall–Kier alpha value is -2.41. The lowest BCUT2D eigenvalue weighted by molar-refractivity contribution is -0.107. The van der Waals surface area contributed by atoms with E-state index in [0.29, 0.717) is 30.9 Å². The van der Waals surface area contributed by atoms with Gasteiger partial charge in [-0.1, -0.05) is 25.1 Å². The second-order valence-electron chi connectivity index (χ2n) is 9.46. The van der Waals surface area contributed by atoms with Crippen molar-refractivity contribution in [3.63, 3.8) is 0 Å². The van der Waals surface area contributed by atoms with E-state index in [-0.39, 0.29) is 11.5 Å². The molecule has 2 unspecified atom stereocenters. The average Bonchev–Trinajstić information content (AvgIpc) is 3.18. The number of carbonyl (C=O) groups is 1. The van der Waals surface area contributed by atoms with Crippen LogP contribution in [0.2, 0.25) is 0 Å². The molecule has 2 aromatic rings. The molecule has 31 heavy (non-hydrogen) atoms. The molecule has 1 aromatic heterocycles. The monoisotopic (exact) mass is 426 g/mol. The molecule has 1 saturated heterocycles. The molecule has 1 aliphatic carbocycles. The summed E-state index contributed by atoms with van der Waals surface area (Å²) >= 11 is 0. The molecule has 2 atom stereocenters. The van der Waals surface area contributed by atoms with Crippen molar-refractivity contribution in [3.05, 3.63) is 35.2 Å². The van der Waals surface area contributed by atoms with E-state index >= 15 is 0 Å². The van der Waals surface area contributed by atoms with Gasteiger partial charge in [-0.05, 0) is 67.7 Å². The standard InChI is InChI=1S/C24H34N4O3/c1-16(2)22-26-23(31-27-22)28-10-6-19(7-11-28)24(25)15-20(24)9-13-30-21-5-4-18(8-12-29)17(3)14-21/h4-5,12,14,16,19-20H,6-11,13,15,25H2,1-3H3. The Kier molecular flexibility index (Phi) is 6.32. The van der Waals surface area contributed by atoms with Crippen LogP contribution in [0.1, 0.15) is 62.4 Å². The Morgan fingerprint density at radius 2 is 2.13 bits per heavy atom. The third-order valence-electron chi connectivity index (χ3n) is 7.03. The number of hydrogen-bond donors (Lipinski definition) is 1. The molecule has 1 aliphatic heterocycles. The van der Waals surface area contributed by atoms with E-state index in [2.05, 4.69) is 28.9 Å². The summed E-state index contributed by atoms with van der Waals surface area (Å²) in [7, 11) is 0. The van der Waals surface area contributed by atoms with E-state index in [4.69, 9.17) is 15.0 Å². The highest BCUT2D eigenvalue weighted by molar-refractivity contribution is 5.56. The zero-order valence-corrected chi connectivity index (χ0v) is 18.8. The Morgan fingerprint density at radius 3 is 2.77 bits per heavy atom. The lowest BCUT2D eigenvalue weighted by Gasteiger charge is -2.34. The van der Waals surface area contributed by atoms with Gasteiger partial charge in [0.1, 0.15) is 12.0 Å². The van der Waals surface area contributed by atoms with Crippen LogP contribution < -0.4 is 15.4 Å². The Balaban J connectivity index is 1.22. The summed E-state index contributed by atoms with van der Waals surface area (Å²) in [6.45, 7) is 8.66. The SMILES string of the molecule is Cc1cc(OCCC2CC2(N)C2CCN(c3nc(C(C)C)no3)CC2)ccc1CC=O. The normalized spacial score (nSPS) is 23.9. The highest BCUT2D eigenvalue weighted by Crippen LogP contribution is 2.52. The number of anilines is 1. The zero-order valence-electron chi connectivity index (χ0n) is 18.8. The van der Waals surface area contributed by atoms with E-state index in [1.807, 2.05) is 25.1 Å². The Morgan fingerprint density at radius 1 is 1.35 bits per heavy atom. The Labute approximate surface area is 184 Å². The molecule has 2 heterocycles. The van der Waals surface area contributed by atoms with E-state index in [9.17, 15) is 4.79 Å². The number of hydrogen-bond acceptors (Lipinski definition) is 7. The van der Waals surface area contributed by atoms with Gasteiger partial charge in [0.05, 0.1) is 6.61 Å². The van der Waals surface area contributed by atoms with E-state index in [1.165, 1.54) is 0 Å².